The number of amides is 1. The van der Waals surface area contributed by atoms with Gasteiger partial charge in [0.1, 0.15) is 5.82 Å². The van der Waals surface area contributed by atoms with Crippen molar-refractivity contribution in [1.29, 1.82) is 0 Å². The van der Waals surface area contributed by atoms with Gasteiger partial charge in [-0.05, 0) is 41.8 Å². The molecule has 0 saturated carbocycles. The van der Waals surface area contributed by atoms with Gasteiger partial charge in [0.25, 0.3) is 0 Å². The predicted molar refractivity (Wildman–Crippen MR) is 86.3 cm³/mol. The number of halogens is 1. The molecule has 1 aliphatic heterocycles. The lowest BCUT2D eigenvalue weighted by Crippen LogP contribution is -2.48. The summed E-state index contributed by atoms with van der Waals surface area (Å²) in [6.07, 6.45) is 4.64. The van der Waals surface area contributed by atoms with Crippen molar-refractivity contribution in [1.82, 2.24) is 15.2 Å². The van der Waals surface area contributed by atoms with Crippen LogP contribution in [0.4, 0.5) is 4.39 Å². The van der Waals surface area contributed by atoms with Gasteiger partial charge in [-0.15, -0.1) is 0 Å². The minimum atomic E-state index is -0.248. The van der Waals surface area contributed by atoms with E-state index in [0.717, 1.165) is 24.2 Å². The first-order valence-electron chi connectivity index (χ1n) is 7.88. The van der Waals surface area contributed by atoms with Gasteiger partial charge in [-0.25, -0.2) is 4.39 Å². The third-order valence-corrected chi connectivity index (χ3v) is 4.18. The number of piperazine rings is 1. The van der Waals surface area contributed by atoms with Gasteiger partial charge in [0.05, 0.1) is 6.04 Å². The largest absolute Gasteiger partial charge is 0.340 e. The van der Waals surface area contributed by atoms with E-state index in [2.05, 4.69) is 10.3 Å². The third kappa shape index (κ3) is 4.13. The fraction of sp³-hybridized carbons (Fsp3) is 0.333. The van der Waals surface area contributed by atoms with Gasteiger partial charge in [0.15, 0.2) is 0 Å². The number of nitrogens with zero attached hydrogens (tertiary/aromatic N) is 2. The summed E-state index contributed by atoms with van der Waals surface area (Å²) in [6.45, 7) is 2.19. The van der Waals surface area contributed by atoms with Gasteiger partial charge >= 0.3 is 0 Å². The molecule has 1 unspecified atom stereocenters. The second-order valence-corrected chi connectivity index (χ2v) is 5.75. The molecule has 1 saturated heterocycles. The number of aromatic nitrogens is 1. The smallest absolute Gasteiger partial charge is 0.223 e. The number of benzene rings is 1. The standard InChI is InChI=1S/C18H20FN3O/c19-16-4-1-14(2-5-16)3-6-18(23)22-12-11-21-17(13-22)15-7-9-20-10-8-15/h1-2,4-5,7-10,17,21H,3,6,11-13H2. The van der Waals surface area contributed by atoms with E-state index in [1.54, 1.807) is 24.5 Å². The molecule has 0 bridgehead atoms. The van der Waals surface area contributed by atoms with Crippen molar-refractivity contribution in [3.05, 3.63) is 65.7 Å². The van der Waals surface area contributed by atoms with E-state index >= 15 is 0 Å². The minimum Gasteiger partial charge on any atom is -0.340 e. The van der Waals surface area contributed by atoms with E-state index in [1.165, 1.54) is 12.1 Å². The molecule has 2 heterocycles. The molecule has 1 aromatic carbocycles. The Kier molecular flexibility index (Phi) is 4.98. The summed E-state index contributed by atoms with van der Waals surface area (Å²) < 4.78 is 12.9. The van der Waals surface area contributed by atoms with Gasteiger partial charge in [0.2, 0.25) is 5.91 Å². The topological polar surface area (TPSA) is 45.2 Å². The predicted octanol–water partition coefficient (Wildman–Crippen LogP) is 2.33. The molecule has 3 rings (SSSR count). The summed E-state index contributed by atoms with van der Waals surface area (Å²) in [6, 6.07) is 10.4. The summed E-state index contributed by atoms with van der Waals surface area (Å²) in [5.41, 5.74) is 2.14. The van der Waals surface area contributed by atoms with Crippen LogP contribution in [0.1, 0.15) is 23.6 Å². The molecule has 4 nitrogen and oxygen atoms in total. The fourth-order valence-electron chi connectivity index (χ4n) is 2.86. The lowest BCUT2D eigenvalue weighted by molar-refractivity contribution is -0.132. The zero-order valence-corrected chi connectivity index (χ0v) is 12.9. The maximum atomic E-state index is 12.9. The molecule has 2 aromatic rings. The molecule has 1 atom stereocenters. The fourth-order valence-corrected chi connectivity index (χ4v) is 2.86. The van der Waals surface area contributed by atoms with Gasteiger partial charge in [-0.1, -0.05) is 12.1 Å². The lowest BCUT2D eigenvalue weighted by Gasteiger charge is -2.34. The summed E-state index contributed by atoms with van der Waals surface area (Å²) in [4.78, 5) is 18.4. The molecule has 1 N–H and O–H groups in total. The molecule has 5 heteroatoms. The Morgan fingerprint density at radius 3 is 2.70 bits per heavy atom. The molecule has 120 valence electrons. The van der Waals surface area contributed by atoms with E-state index in [4.69, 9.17) is 0 Å². The Morgan fingerprint density at radius 1 is 1.22 bits per heavy atom. The first kappa shape index (κ1) is 15.6. The van der Waals surface area contributed by atoms with Crippen LogP contribution in [0.25, 0.3) is 0 Å². The minimum absolute atomic E-state index is 0.148. The summed E-state index contributed by atoms with van der Waals surface area (Å²) >= 11 is 0. The zero-order chi connectivity index (χ0) is 16.1. The average molecular weight is 313 g/mol. The highest BCUT2D eigenvalue weighted by Crippen LogP contribution is 2.17. The Hall–Kier alpha value is -2.27. The number of nitrogens with one attached hydrogen (secondary N) is 1. The highest BCUT2D eigenvalue weighted by molar-refractivity contribution is 5.76. The second-order valence-electron chi connectivity index (χ2n) is 5.75. The first-order chi connectivity index (χ1) is 11.2. The van der Waals surface area contributed by atoms with Crippen LogP contribution >= 0.6 is 0 Å². The van der Waals surface area contributed by atoms with E-state index in [0.29, 0.717) is 19.4 Å². The summed E-state index contributed by atoms with van der Waals surface area (Å²) in [5.74, 6) is -0.0998. The van der Waals surface area contributed by atoms with Crippen LogP contribution in [0.3, 0.4) is 0 Å². The maximum absolute atomic E-state index is 12.9. The van der Waals surface area contributed by atoms with E-state index < -0.39 is 0 Å². The van der Waals surface area contributed by atoms with Crippen molar-refractivity contribution < 1.29 is 9.18 Å². The molecule has 1 amide bonds. The number of carbonyl (C=O) groups is 1. The van der Waals surface area contributed by atoms with Crippen molar-refractivity contribution in [2.45, 2.75) is 18.9 Å². The van der Waals surface area contributed by atoms with E-state index in [1.807, 2.05) is 17.0 Å². The highest BCUT2D eigenvalue weighted by Gasteiger charge is 2.23. The number of aryl methyl sites for hydroxylation is 1. The van der Waals surface area contributed by atoms with Crippen molar-refractivity contribution in [2.24, 2.45) is 0 Å². The van der Waals surface area contributed by atoms with E-state index in [-0.39, 0.29) is 17.8 Å². The summed E-state index contributed by atoms with van der Waals surface area (Å²) in [5, 5.41) is 3.44. The Morgan fingerprint density at radius 2 is 1.96 bits per heavy atom. The highest BCUT2D eigenvalue weighted by atomic mass is 19.1. The number of rotatable bonds is 4. The monoisotopic (exact) mass is 313 g/mol. The first-order valence-corrected chi connectivity index (χ1v) is 7.88. The molecule has 23 heavy (non-hydrogen) atoms. The van der Waals surface area contributed by atoms with Crippen molar-refractivity contribution in [2.75, 3.05) is 19.6 Å². The van der Waals surface area contributed by atoms with Crippen molar-refractivity contribution in [3.8, 4) is 0 Å². The molecule has 1 fully saturated rings. The van der Waals surface area contributed by atoms with Crippen LogP contribution in [0.2, 0.25) is 0 Å². The SMILES string of the molecule is O=C(CCc1ccc(F)cc1)N1CCNC(c2ccncc2)C1. The van der Waals surface area contributed by atoms with Crippen LogP contribution in [-0.2, 0) is 11.2 Å². The van der Waals surface area contributed by atoms with Gasteiger partial charge in [-0.3, -0.25) is 9.78 Å². The molecular formula is C18H20FN3O. The van der Waals surface area contributed by atoms with Gasteiger partial charge < -0.3 is 10.2 Å². The number of pyridine rings is 1. The van der Waals surface area contributed by atoms with Crippen molar-refractivity contribution >= 4 is 5.91 Å². The molecule has 1 aromatic heterocycles. The molecule has 0 aliphatic carbocycles. The maximum Gasteiger partial charge on any atom is 0.223 e. The Balaban J connectivity index is 1.55. The van der Waals surface area contributed by atoms with E-state index in [9.17, 15) is 9.18 Å². The molecule has 0 spiro atoms. The molecular weight excluding hydrogens is 293 g/mol. The number of hydrogen-bond donors (Lipinski definition) is 1. The van der Waals surface area contributed by atoms with Gasteiger partial charge in [-0.2, -0.15) is 0 Å². The van der Waals surface area contributed by atoms with Gasteiger partial charge in [0, 0.05) is 38.4 Å². The third-order valence-electron chi connectivity index (χ3n) is 4.18. The Bertz CT molecular complexity index is 645. The average Bonchev–Trinajstić information content (AvgIpc) is 2.62. The summed E-state index contributed by atoms with van der Waals surface area (Å²) in [7, 11) is 0. The second kappa shape index (κ2) is 7.33. The lowest BCUT2D eigenvalue weighted by atomic mass is 10.0. The quantitative estimate of drug-likeness (QED) is 0.942. The molecule has 1 aliphatic rings. The van der Waals surface area contributed by atoms with Crippen LogP contribution in [0.5, 0.6) is 0 Å². The Labute approximate surface area is 135 Å². The van der Waals surface area contributed by atoms with Crippen LogP contribution in [-0.4, -0.2) is 35.4 Å². The van der Waals surface area contributed by atoms with Crippen molar-refractivity contribution in [3.63, 3.8) is 0 Å². The zero-order valence-electron chi connectivity index (χ0n) is 12.9. The van der Waals surface area contributed by atoms with Crippen LogP contribution < -0.4 is 5.32 Å². The van der Waals surface area contributed by atoms with Crippen LogP contribution in [0, 0.1) is 5.82 Å². The molecule has 0 radical (unpaired) electrons. The van der Waals surface area contributed by atoms with Crippen LogP contribution in [0.15, 0.2) is 48.8 Å². The normalized spacial score (nSPS) is 18.0. The number of hydrogen-bond acceptors (Lipinski definition) is 3. The number of carbonyl (C=O) groups excluding carboxylic acids is 1.